The molecule has 0 spiro atoms. The molecule has 0 fully saturated rings. The van der Waals surface area contributed by atoms with E-state index in [1.165, 1.54) is 6.07 Å². The molecule has 2 rings (SSSR count). The molecule has 2 N–H and O–H groups in total. The Labute approximate surface area is 126 Å². The lowest BCUT2D eigenvalue weighted by atomic mass is 10.2. The number of phenols is 1. The van der Waals surface area contributed by atoms with E-state index in [-0.39, 0.29) is 11.6 Å². The molecule has 0 atom stereocenters. The van der Waals surface area contributed by atoms with Crippen molar-refractivity contribution < 1.29 is 9.50 Å². The SMILES string of the molecule is Oc1ccc(CNc2cccc(F)c2I)cc1Br. The largest absolute Gasteiger partial charge is 0.507 e. The number of hydrogen-bond donors (Lipinski definition) is 2. The molecule has 94 valence electrons. The molecular formula is C13H10BrFINO. The number of hydrogen-bond acceptors (Lipinski definition) is 2. The van der Waals surface area contributed by atoms with Gasteiger partial charge in [0, 0.05) is 6.54 Å². The predicted octanol–water partition coefficient (Wildman–Crippen LogP) is 4.51. The molecule has 2 aromatic carbocycles. The molecule has 0 aromatic heterocycles. The van der Waals surface area contributed by atoms with E-state index in [4.69, 9.17) is 0 Å². The van der Waals surface area contributed by atoms with Crippen LogP contribution in [0.15, 0.2) is 40.9 Å². The van der Waals surface area contributed by atoms with Crippen molar-refractivity contribution >= 4 is 44.2 Å². The molecule has 5 heteroatoms. The number of rotatable bonds is 3. The zero-order valence-corrected chi connectivity index (χ0v) is 13.0. The maximum Gasteiger partial charge on any atom is 0.138 e. The third-order valence-corrected chi connectivity index (χ3v) is 4.18. The van der Waals surface area contributed by atoms with Crippen LogP contribution in [0.3, 0.4) is 0 Å². The Bertz CT molecular complexity index is 577. The van der Waals surface area contributed by atoms with E-state index in [2.05, 4.69) is 21.2 Å². The number of anilines is 1. The van der Waals surface area contributed by atoms with E-state index in [1.807, 2.05) is 40.8 Å². The number of phenolic OH excluding ortho intramolecular Hbond substituents is 1. The smallest absolute Gasteiger partial charge is 0.138 e. The Morgan fingerprint density at radius 3 is 2.78 bits per heavy atom. The van der Waals surface area contributed by atoms with Gasteiger partial charge in [-0.25, -0.2) is 4.39 Å². The highest BCUT2D eigenvalue weighted by Gasteiger charge is 2.05. The highest BCUT2D eigenvalue weighted by Crippen LogP contribution is 2.25. The van der Waals surface area contributed by atoms with Crippen molar-refractivity contribution in [2.75, 3.05) is 5.32 Å². The van der Waals surface area contributed by atoms with Crippen molar-refractivity contribution in [1.82, 2.24) is 0 Å². The topological polar surface area (TPSA) is 32.3 Å². The lowest BCUT2D eigenvalue weighted by molar-refractivity contribution is 0.471. The van der Waals surface area contributed by atoms with Gasteiger partial charge in [-0.2, -0.15) is 0 Å². The van der Waals surface area contributed by atoms with Gasteiger partial charge in [0.2, 0.25) is 0 Å². The summed E-state index contributed by atoms with van der Waals surface area (Å²) in [5, 5.41) is 12.6. The van der Waals surface area contributed by atoms with Gasteiger partial charge in [0.1, 0.15) is 11.6 Å². The normalized spacial score (nSPS) is 10.4. The van der Waals surface area contributed by atoms with E-state index >= 15 is 0 Å². The van der Waals surface area contributed by atoms with Gasteiger partial charge >= 0.3 is 0 Å². The van der Waals surface area contributed by atoms with E-state index in [9.17, 15) is 9.50 Å². The molecule has 2 nitrogen and oxygen atoms in total. The maximum absolute atomic E-state index is 13.3. The summed E-state index contributed by atoms with van der Waals surface area (Å²) in [4.78, 5) is 0. The van der Waals surface area contributed by atoms with Gasteiger partial charge in [-0.1, -0.05) is 12.1 Å². The first kappa shape index (κ1) is 13.6. The first-order valence-corrected chi connectivity index (χ1v) is 7.10. The van der Waals surface area contributed by atoms with Gasteiger partial charge in [-0.3, -0.25) is 0 Å². The van der Waals surface area contributed by atoms with Gasteiger partial charge in [0.25, 0.3) is 0 Å². The Morgan fingerprint density at radius 2 is 2.06 bits per heavy atom. The van der Waals surface area contributed by atoms with Crippen LogP contribution < -0.4 is 5.32 Å². The van der Waals surface area contributed by atoms with Crippen LogP contribution in [0.2, 0.25) is 0 Å². The third kappa shape index (κ3) is 3.14. The number of benzene rings is 2. The molecule has 0 aliphatic heterocycles. The molecule has 0 unspecified atom stereocenters. The quantitative estimate of drug-likeness (QED) is 0.714. The minimum atomic E-state index is -0.229. The van der Waals surface area contributed by atoms with Gasteiger partial charge in [0.05, 0.1) is 13.7 Å². The Balaban J connectivity index is 2.11. The Morgan fingerprint density at radius 1 is 1.28 bits per heavy atom. The molecule has 0 aliphatic rings. The van der Waals surface area contributed by atoms with Crippen LogP contribution in [-0.4, -0.2) is 5.11 Å². The molecule has 0 bridgehead atoms. The van der Waals surface area contributed by atoms with Gasteiger partial charge in [-0.05, 0) is 68.3 Å². The van der Waals surface area contributed by atoms with Crippen LogP contribution in [0, 0.1) is 9.39 Å². The van der Waals surface area contributed by atoms with E-state index in [1.54, 1.807) is 12.1 Å². The second-order valence-electron chi connectivity index (χ2n) is 3.74. The molecule has 0 heterocycles. The second kappa shape index (κ2) is 5.88. The Kier molecular flexibility index (Phi) is 4.45. The average Bonchev–Trinajstić information content (AvgIpc) is 2.35. The van der Waals surface area contributed by atoms with Gasteiger partial charge in [-0.15, -0.1) is 0 Å². The summed E-state index contributed by atoms with van der Waals surface area (Å²) in [6, 6.07) is 10.2. The lowest BCUT2D eigenvalue weighted by Gasteiger charge is -2.09. The summed E-state index contributed by atoms with van der Waals surface area (Å²) in [5.41, 5.74) is 1.76. The van der Waals surface area contributed by atoms with Crippen molar-refractivity contribution in [3.05, 3.63) is 55.8 Å². The average molecular weight is 422 g/mol. The molecule has 0 radical (unpaired) electrons. The lowest BCUT2D eigenvalue weighted by Crippen LogP contribution is -2.02. The summed E-state index contributed by atoms with van der Waals surface area (Å²) >= 11 is 5.23. The molecular weight excluding hydrogens is 412 g/mol. The first-order chi connectivity index (χ1) is 8.58. The summed E-state index contributed by atoms with van der Waals surface area (Å²) in [6.07, 6.45) is 0. The van der Waals surface area contributed by atoms with E-state index in [0.29, 0.717) is 14.6 Å². The molecule has 2 aromatic rings. The molecule has 0 aliphatic carbocycles. The zero-order valence-electron chi connectivity index (χ0n) is 9.25. The fourth-order valence-electron chi connectivity index (χ4n) is 1.50. The van der Waals surface area contributed by atoms with Crippen LogP contribution in [-0.2, 0) is 6.54 Å². The van der Waals surface area contributed by atoms with Gasteiger partial charge in [0.15, 0.2) is 0 Å². The monoisotopic (exact) mass is 421 g/mol. The summed E-state index contributed by atoms with van der Waals surface area (Å²) in [6.45, 7) is 0.568. The number of halogens is 3. The zero-order chi connectivity index (χ0) is 13.1. The van der Waals surface area contributed by atoms with Crippen LogP contribution in [0.25, 0.3) is 0 Å². The first-order valence-electron chi connectivity index (χ1n) is 5.23. The fraction of sp³-hybridized carbons (Fsp3) is 0.0769. The van der Waals surface area contributed by atoms with Crippen molar-refractivity contribution in [3.8, 4) is 5.75 Å². The summed E-state index contributed by atoms with van der Waals surface area (Å²) < 4.78 is 14.6. The summed E-state index contributed by atoms with van der Waals surface area (Å²) in [5.74, 6) is -0.0217. The van der Waals surface area contributed by atoms with Crippen molar-refractivity contribution in [2.45, 2.75) is 6.54 Å². The standard InChI is InChI=1S/C13H10BrFINO/c14-9-6-8(4-5-12(9)18)7-17-11-3-1-2-10(15)13(11)16/h1-6,17-18H,7H2. The number of aromatic hydroxyl groups is 1. The molecule has 0 amide bonds. The van der Waals surface area contributed by atoms with Crippen LogP contribution >= 0.6 is 38.5 Å². The van der Waals surface area contributed by atoms with E-state index < -0.39 is 0 Å². The van der Waals surface area contributed by atoms with Gasteiger partial charge < -0.3 is 10.4 Å². The number of nitrogens with one attached hydrogen (secondary N) is 1. The van der Waals surface area contributed by atoms with Crippen molar-refractivity contribution in [3.63, 3.8) is 0 Å². The molecule has 0 saturated carbocycles. The third-order valence-electron chi connectivity index (χ3n) is 2.45. The Hall–Kier alpha value is -0.820. The predicted molar refractivity (Wildman–Crippen MR) is 82.3 cm³/mol. The molecule has 0 saturated heterocycles. The second-order valence-corrected chi connectivity index (χ2v) is 5.67. The highest BCUT2D eigenvalue weighted by atomic mass is 127. The van der Waals surface area contributed by atoms with Crippen LogP contribution in [0.4, 0.5) is 10.1 Å². The van der Waals surface area contributed by atoms with Crippen LogP contribution in [0.1, 0.15) is 5.56 Å². The van der Waals surface area contributed by atoms with Crippen molar-refractivity contribution in [2.24, 2.45) is 0 Å². The fourth-order valence-corrected chi connectivity index (χ4v) is 2.47. The van der Waals surface area contributed by atoms with E-state index in [0.717, 1.165) is 11.3 Å². The highest BCUT2D eigenvalue weighted by molar-refractivity contribution is 14.1. The molecule has 18 heavy (non-hydrogen) atoms. The summed E-state index contributed by atoms with van der Waals surface area (Å²) in [7, 11) is 0. The van der Waals surface area contributed by atoms with Crippen LogP contribution in [0.5, 0.6) is 5.75 Å². The minimum Gasteiger partial charge on any atom is -0.507 e. The minimum absolute atomic E-state index is 0.207. The maximum atomic E-state index is 13.3. The van der Waals surface area contributed by atoms with Crippen molar-refractivity contribution in [1.29, 1.82) is 0 Å².